The minimum absolute atomic E-state index is 0.327. The lowest BCUT2D eigenvalue weighted by molar-refractivity contribution is 0.628. The highest BCUT2D eigenvalue weighted by Crippen LogP contribution is 2.40. The van der Waals surface area contributed by atoms with Gasteiger partial charge in [0.05, 0.1) is 33.3 Å². The van der Waals surface area contributed by atoms with Gasteiger partial charge in [0, 0.05) is 27.1 Å². The fraction of sp³-hybridized carbons (Fsp3) is 0. The van der Waals surface area contributed by atoms with E-state index in [0.717, 1.165) is 65.7 Å². The average molecular weight is 623 g/mol. The van der Waals surface area contributed by atoms with Gasteiger partial charge < -0.3 is 0 Å². The number of fused-ring (bicyclic) bond motifs is 11. The third kappa shape index (κ3) is 3.93. The molecule has 0 amide bonds. The molecule has 0 bridgehead atoms. The Morgan fingerprint density at radius 3 is 1.88 bits per heavy atom. The number of nitrogens with zero attached hydrogens (tertiary/aromatic N) is 4. The van der Waals surface area contributed by atoms with E-state index >= 15 is 0 Å². The van der Waals surface area contributed by atoms with Gasteiger partial charge in [0.1, 0.15) is 23.1 Å². The average Bonchev–Trinajstić information content (AvgIpc) is 3.67. The second kappa shape index (κ2) is 10.0. The summed E-state index contributed by atoms with van der Waals surface area (Å²) >= 11 is 0. The molecule has 4 nitrogen and oxygen atoms in total. The molecule has 0 fully saturated rings. The van der Waals surface area contributed by atoms with Crippen LogP contribution in [0.3, 0.4) is 0 Å². The summed E-state index contributed by atoms with van der Waals surface area (Å²) in [5.41, 5.74) is 8.67. The van der Waals surface area contributed by atoms with E-state index in [-0.39, 0.29) is 11.6 Å². The van der Waals surface area contributed by atoms with Crippen molar-refractivity contribution in [3.8, 4) is 28.2 Å². The SMILES string of the molecule is Fc1cccc(-c2cc(-c3cccc(F)c3)nc(-n3c4ccccc4c4cc5c(cc43)c3ccccc3c3nc4ccccc4n53)c2)c1. The highest BCUT2D eigenvalue weighted by molar-refractivity contribution is 6.20. The van der Waals surface area contributed by atoms with Gasteiger partial charge in [-0.2, -0.15) is 0 Å². The van der Waals surface area contributed by atoms with Gasteiger partial charge in [-0.15, -0.1) is 0 Å². The zero-order valence-electron chi connectivity index (χ0n) is 25.4. The first-order valence-electron chi connectivity index (χ1n) is 15.8. The van der Waals surface area contributed by atoms with Crippen molar-refractivity contribution in [1.82, 2.24) is 18.9 Å². The zero-order valence-corrected chi connectivity index (χ0v) is 25.4. The van der Waals surface area contributed by atoms with Gasteiger partial charge in [0.25, 0.3) is 0 Å². The Hall–Kier alpha value is -6.40. The smallest absolute Gasteiger partial charge is 0.146 e. The van der Waals surface area contributed by atoms with Crippen molar-refractivity contribution in [1.29, 1.82) is 0 Å². The molecule has 226 valence electrons. The van der Waals surface area contributed by atoms with Crippen LogP contribution in [0.4, 0.5) is 8.78 Å². The fourth-order valence-corrected chi connectivity index (χ4v) is 7.28. The van der Waals surface area contributed by atoms with Crippen LogP contribution in [0.1, 0.15) is 0 Å². The quantitative estimate of drug-likeness (QED) is 0.184. The second-order valence-electron chi connectivity index (χ2n) is 12.2. The predicted molar refractivity (Wildman–Crippen MR) is 191 cm³/mol. The Bertz CT molecular complexity index is 2870. The van der Waals surface area contributed by atoms with E-state index in [1.807, 2.05) is 42.5 Å². The molecule has 0 aliphatic heterocycles. The summed E-state index contributed by atoms with van der Waals surface area (Å²) in [6.07, 6.45) is 0. The molecule has 0 unspecified atom stereocenters. The summed E-state index contributed by atoms with van der Waals surface area (Å²) in [4.78, 5) is 10.2. The number of hydrogen-bond acceptors (Lipinski definition) is 2. The van der Waals surface area contributed by atoms with Gasteiger partial charge in [0.15, 0.2) is 0 Å². The van der Waals surface area contributed by atoms with Crippen molar-refractivity contribution in [2.24, 2.45) is 0 Å². The van der Waals surface area contributed by atoms with Crippen LogP contribution < -0.4 is 0 Å². The number of imidazole rings is 1. The topological polar surface area (TPSA) is 35.1 Å². The van der Waals surface area contributed by atoms with Crippen molar-refractivity contribution < 1.29 is 8.78 Å². The monoisotopic (exact) mass is 622 g/mol. The Morgan fingerprint density at radius 2 is 1.06 bits per heavy atom. The molecule has 0 saturated carbocycles. The lowest BCUT2D eigenvalue weighted by atomic mass is 10.0. The van der Waals surface area contributed by atoms with Gasteiger partial charge in [-0.3, -0.25) is 8.97 Å². The van der Waals surface area contributed by atoms with Gasteiger partial charge in [-0.05, 0) is 83.2 Å². The van der Waals surface area contributed by atoms with E-state index in [4.69, 9.17) is 9.97 Å². The summed E-state index contributed by atoms with van der Waals surface area (Å²) < 4.78 is 33.4. The first kappa shape index (κ1) is 26.8. The minimum Gasteiger partial charge on any atom is -0.294 e. The number of hydrogen-bond donors (Lipinski definition) is 0. The number of aromatic nitrogens is 4. The maximum Gasteiger partial charge on any atom is 0.146 e. The van der Waals surface area contributed by atoms with Crippen LogP contribution in [-0.4, -0.2) is 18.9 Å². The van der Waals surface area contributed by atoms with E-state index < -0.39 is 0 Å². The summed E-state index contributed by atoms with van der Waals surface area (Å²) in [5.74, 6) is -0.0210. The number of rotatable bonds is 3. The molecule has 6 heteroatoms. The predicted octanol–water partition coefficient (Wildman–Crippen LogP) is 10.9. The maximum atomic E-state index is 14.5. The Kier molecular flexibility index (Phi) is 5.61. The normalized spacial score (nSPS) is 12.0. The van der Waals surface area contributed by atoms with Gasteiger partial charge in [-0.1, -0.05) is 78.9 Å². The van der Waals surface area contributed by atoms with Crippen LogP contribution in [-0.2, 0) is 0 Å². The molecule has 0 saturated heterocycles. The minimum atomic E-state index is -0.347. The third-order valence-corrected chi connectivity index (χ3v) is 9.37. The largest absolute Gasteiger partial charge is 0.294 e. The number of pyridine rings is 2. The standard InChI is InChI=1S/C42H24F2N4/c43-28-11-7-9-25(19-28)27-21-36(26-10-8-12-29(44)20-26)45-41(22-27)47-37-17-5-3-14-31(37)34-24-40-33(23-39(34)47)30-13-1-2-15-32(30)42-46-35-16-4-6-18-38(35)48(40)42/h1-24H. The lowest BCUT2D eigenvalue weighted by Crippen LogP contribution is -2.00. The Morgan fingerprint density at radius 1 is 0.417 bits per heavy atom. The van der Waals surface area contributed by atoms with E-state index in [1.165, 1.54) is 24.3 Å². The molecule has 0 radical (unpaired) electrons. The molecule has 48 heavy (non-hydrogen) atoms. The first-order valence-corrected chi connectivity index (χ1v) is 15.8. The molecule has 0 N–H and O–H groups in total. The second-order valence-corrected chi connectivity index (χ2v) is 12.2. The van der Waals surface area contributed by atoms with E-state index in [0.29, 0.717) is 22.6 Å². The molecule has 4 heterocycles. The van der Waals surface area contributed by atoms with Crippen molar-refractivity contribution >= 4 is 60.2 Å². The molecule has 10 rings (SSSR count). The van der Waals surface area contributed by atoms with Crippen LogP contribution in [0.2, 0.25) is 0 Å². The van der Waals surface area contributed by atoms with E-state index in [9.17, 15) is 8.78 Å². The molecule has 0 spiro atoms. The van der Waals surface area contributed by atoms with Gasteiger partial charge in [0.2, 0.25) is 0 Å². The molecule has 0 aliphatic carbocycles. The summed E-state index contributed by atoms with van der Waals surface area (Å²) in [5, 5.41) is 5.41. The van der Waals surface area contributed by atoms with E-state index in [2.05, 4.69) is 75.7 Å². The lowest BCUT2D eigenvalue weighted by Gasteiger charge is -2.14. The van der Waals surface area contributed by atoms with Gasteiger partial charge in [-0.25, -0.2) is 18.7 Å². The third-order valence-electron chi connectivity index (χ3n) is 9.37. The maximum absolute atomic E-state index is 14.5. The van der Waals surface area contributed by atoms with Crippen LogP contribution in [0.5, 0.6) is 0 Å². The molecular formula is C42H24F2N4. The van der Waals surface area contributed by atoms with Crippen molar-refractivity contribution in [2.45, 2.75) is 0 Å². The molecule has 0 aliphatic rings. The Labute approximate surface area is 272 Å². The first-order chi connectivity index (χ1) is 23.6. The molecule has 4 aromatic heterocycles. The van der Waals surface area contributed by atoms with Crippen LogP contribution in [0.15, 0.2) is 146 Å². The Balaban J connectivity index is 1.36. The van der Waals surface area contributed by atoms with Crippen LogP contribution in [0, 0.1) is 11.6 Å². The van der Waals surface area contributed by atoms with Crippen molar-refractivity contribution in [3.05, 3.63) is 157 Å². The summed E-state index contributed by atoms with van der Waals surface area (Å²) in [6.45, 7) is 0. The molecule has 10 aromatic rings. The zero-order chi connectivity index (χ0) is 31.9. The fourth-order valence-electron chi connectivity index (χ4n) is 7.28. The summed E-state index contributed by atoms with van der Waals surface area (Å²) in [6, 6.07) is 46.3. The molecule has 0 atom stereocenters. The number of para-hydroxylation sites is 3. The highest BCUT2D eigenvalue weighted by Gasteiger charge is 2.20. The summed E-state index contributed by atoms with van der Waals surface area (Å²) in [7, 11) is 0. The van der Waals surface area contributed by atoms with Gasteiger partial charge >= 0.3 is 0 Å². The highest BCUT2D eigenvalue weighted by atomic mass is 19.1. The van der Waals surface area contributed by atoms with Crippen molar-refractivity contribution in [2.75, 3.05) is 0 Å². The van der Waals surface area contributed by atoms with Crippen LogP contribution >= 0.6 is 0 Å². The molecule has 6 aromatic carbocycles. The number of benzene rings is 6. The van der Waals surface area contributed by atoms with Crippen LogP contribution in [0.25, 0.3) is 88.4 Å². The van der Waals surface area contributed by atoms with E-state index in [1.54, 1.807) is 12.1 Å². The molecular weight excluding hydrogens is 598 g/mol. The van der Waals surface area contributed by atoms with Crippen molar-refractivity contribution in [3.63, 3.8) is 0 Å². The number of halogens is 2.